The van der Waals surface area contributed by atoms with E-state index >= 15 is 0 Å². The Bertz CT molecular complexity index is 202. The van der Waals surface area contributed by atoms with Gasteiger partial charge < -0.3 is 10.2 Å². The van der Waals surface area contributed by atoms with Crippen LogP contribution in [0.2, 0.25) is 0 Å². The maximum absolute atomic E-state index is 9.42. The molecule has 2 N–H and O–H groups in total. The molecular weight excluding hydrogens is 140 g/mol. The van der Waals surface area contributed by atoms with Crippen molar-refractivity contribution in [3.8, 4) is 0 Å². The van der Waals surface area contributed by atoms with Crippen LogP contribution in [0.5, 0.6) is 0 Å². The Morgan fingerprint density at radius 1 is 0.909 bits per heavy atom. The molecule has 2 fully saturated rings. The molecule has 2 saturated carbocycles. The summed E-state index contributed by atoms with van der Waals surface area (Å²) >= 11 is 0. The third-order valence-electron chi connectivity index (χ3n) is 3.72. The van der Waals surface area contributed by atoms with Crippen LogP contribution < -0.4 is 0 Å². The number of aliphatic hydroxyl groups is 2. The lowest BCUT2D eigenvalue weighted by Gasteiger charge is -2.47. The first-order valence-electron chi connectivity index (χ1n) is 4.33. The lowest BCUT2D eigenvalue weighted by atomic mass is 9.63. The fourth-order valence-corrected chi connectivity index (χ4v) is 3.17. The molecule has 11 heavy (non-hydrogen) atoms. The zero-order chi connectivity index (χ0) is 7.59. The van der Waals surface area contributed by atoms with E-state index in [2.05, 4.69) is 12.2 Å². The quantitative estimate of drug-likeness (QED) is 0.485. The third-order valence-corrected chi connectivity index (χ3v) is 3.72. The summed E-state index contributed by atoms with van der Waals surface area (Å²) in [5.41, 5.74) is 0. The first-order chi connectivity index (χ1) is 5.29. The zero-order valence-corrected chi connectivity index (χ0v) is 6.22. The highest BCUT2D eigenvalue weighted by atomic mass is 16.3. The van der Waals surface area contributed by atoms with Gasteiger partial charge in [0.2, 0.25) is 0 Å². The predicted octanol–water partition coefficient (Wildman–Crippen LogP) is 0.160. The molecule has 0 radical (unpaired) electrons. The molecule has 0 heterocycles. The summed E-state index contributed by atoms with van der Waals surface area (Å²) in [6.45, 7) is 0. The van der Waals surface area contributed by atoms with E-state index < -0.39 is 12.2 Å². The van der Waals surface area contributed by atoms with Gasteiger partial charge in [-0.05, 0) is 30.1 Å². The number of aliphatic hydroxyl groups excluding tert-OH is 2. The average molecular weight is 152 g/mol. The molecule has 0 aromatic carbocycles. The van der Waals surface area contributed by atoms with Gasteiger partial charge in [-0.1, -0.05) is 12.2 Å². The van der Waals surface area contributed by atoms with Crippen LogP contribution in [0.3, 0.4) is 0 Å². The average Bonchev–Trinajstić information content (AvgIpc) is 2.58. The van der Waals surface area contributed by atoms with Crippen molar-refractivity contribution in [1.29, 1.82) is 0 Å². The highest BCUT2D eigenvalue weighted by Crippen LogP contribution is 2.57. The molecular formula is C9H12O2. The summed E-state index contributed by atoms with van der Waals surface area (Å²) in [5, 5.41) is 18.8. The molecule has 0 aliphatic heterocycles. The molecule has 0 aromatic rings. The molecule has 3 rings (SSSR count). The minimum Gasteiger partial charge on any atom is -0.390 e. The lowest BCUT2D eigenvalue weighted by Crippen LogP contribution is -2.57. The van der Waals surface area contributed by atoms with E-state index in [0.717, 1.165) is 0 Å². The van der Waals surface area contributed by atoms with E-state index in [9.17, 15) is 10.2 Å². The molecule has 2 heteroatoms. The van der Waals surface area contributed by atoms with Crippen LogP contribution >= 0.6 is 0 Å². The van der Waals surface area contributed by atoms with Crippen LogP contribution in [-0.2, 0) is 0 Å². The van der Waals surface area contributed by atoms with Crippen molar-refractivity contribution in [3.05, 3.63) is 12.2 Å². The number of hydrogen-bond donors (Lipinski definition) is 2. The second-order valence-corrected chi connectivity index (χ2v) is 4.08. The third kappa shape index (κ3) is 0.531. The first-order valence-corrected chi connectivity index (χ1v) is 4.33. The normalized spacial score (nSPS) is 64.5. The highest BCUT2D eigenvalue weighted by Gasteiger charge is 2.60. The maximum atomic E-state index is 9.42. The Hall–Kier alpha value is -0.340. The van der Waals surface area contributed by atoms with Crippen LogP contribution in [0.4, 0.5) is 0 Å². The standard InChI is InChI=1S/C9H12O2/c10-8-6-4-1-2-5(3-4)7(6)9(8)11/h1-2,4-11H,3H2/t4-,5-,6-,7+,8-,9+/m0/s1. The van der Waals surface area contributed by atoms with Crippen LogP contribution in [0.15, 0.2) is 12.2 Å². The van der Waals surface area contributed by atoms with Crippen molar-refractivity contribution < 1.29 is 10.2 Å². The van der Waals surface area contributed by atoms with Crippen molar-refractivity contribution in [2.75, 3.05) is 0 Å². The van der Waals surface area contributed by atoms with E-state index in [1.807, 2.05) is 0 Å². The number of allylic oxidation sites excluding steroid dienone is 2. The van der Waals surface area contributed by atoms with Crippen molar-refractivity contribution in [1.82, 2.24) is 0 Å². The summed E-state index contributed by atoms with van der Waals surface area (Å²) in [6, 6.07) is 0. The molecule has 0 unspecified atom stereocenters. The van der Waals surface area contributed by atoms with E-state index in [0.29, 0.717) is 23.7 Å². The number of hydrogen-bond acceptors (Lipinski definition) is 2. The number of fused-ring (bicyclic) bond motifs is 5. The zero-order valence-electron chi connectivity index (χ0n) is 6.22. The SMILES string of the molecule is O[C@@H]1[C@H](O)[C@H]2[C@@H]1[C@H]1C=C[C@H]2C1. The summed E-state index contributed by atoms with van der Waals surface area (Å²) in [5.74, 6) is 1.92. The summed E-state index contributed by atoms with van der Waals surface area (Å²) in [4.78, 5) is 0. The van der Waals surface area contributed by atoms with Gasteiger partial charge in [0, 0.05) is 0 Å². The smallest absolute Gasteiger partial charge is 0.0839 e. The van der Waals surface area contributed by atoms with Gasteiger partial charge in [0.15, 0.2) is 0 Å². The molecule has 60 valence electrons. The van der Waals surface area contributed by atoms with Gasteiger partial charge in [-0.2, -0.15) is 0 Å². The molecule has 0 saturated heterocycles. The van der Waals surface area contributed by atoms with E-state index in [1.54, 1.807) is 0 Å². The minimum atomic E-state index is -0.431. The monoisotopic (exact) mass is 152 g/mol. The van der Waals surface area contributed by atoms with Crippen molar-refractivity contribution in [2.45, 2.75) is 18.6 Å². The maximum Gasteiger partial charge on any atom is 0.0839 e. The fourth-order valence-electron chi connectivity index (χ4n) is 3.17. The predicted molar refractivity (Wildman–Crippen MR) is 39.7 cm³/mol. The van der Waals surface area contributed by atoms with Crippen LogP contribution in [0.25, 0.3) is 0 Å². The largest absolute Gasteiger partial charge is 0.390 e. The Morgan fingerprint density at radius 3 is 1.82 bits per heavy atom. The summed E-state index contributed by atoms with van der Waals surface area (Å²) in [7, 11) is 0. The van der Waals surface area contributed by atoms with Crippen LogP contribution in [-0.4, -0.2) is 22.4 Å². The molecule has 2 nitrogen and oxygen atoms in total. The summed E-state index contributed by atoms with van der Waals surface area (Å²) < 4.78 is 0. The van der Waals surface area contributed by atoms with Crippen molar-refractivity contribution in [2.24, 2.45) is 23.7 Å². The lowest BCUT2D eigenvalue weighted by molar-refractivity contribution is -0.157. The van der Waals surface area contributed by atoms with Gasteiger partial charge in [0.1, 0.15) is 0 Å². The van der Waals surface area contributed by atoms with Gasteiger partial charge in [0.25, 0.3) is 0 Å². The highest BCUT2D eigenvalue weighted by molar-refractivity contribution is 5.21. The van der Waals surface area contributed by atoms with Crippen LogP contribution in [0.1, 0.15) is 6.42 Å². The van der Waals surface area contributed by atoms with E-state index in [1.165, 1.54) is 6.42 Å². The van der Waals surface area contributed by atoms with Crippen LogP contribution in [0, 0.1) is 23.7 Å². The molecule has 2 bridgehead atoms. The second kappa shape index (κ2) is 1.70. The Balaban J connectivity index is 1.96. The molecule has 3 aliphatic rings. The second-order valence-electron chi connectivity index (χ2n) is 4.08. The van der Waals surface area contributed by atoms with E-state index in [-0.39, 0.29) is 0 Å². The summed E-state index contributed by atoms with van der Waals surface area (Å²) in [6.07, 6.45) is 4.73. The molecule has 0 amide bonds. The van der Waals surface area contributed by atoms with Crippen molar-refractivity contribution in [3.63, 3.8) is 0 Å². The minimum absolute atomic E-state index is 0.389. The molecule has 0 aromatic heterocycles. The molecule has 3 aliphatic carbocycles. The Morgan fingerprint density at radius 2 is 1.36 bits per heavy atom. The molecule has 0 spiro atoms. The van der Waals surface area contributed by atoms with Crippen molar-refractivity contribution >= 4 is 0 Å². The first kappa shape index (κ1) is 6.21. The Kier molecular flexibility index (Phi) is 0.958. The van der Waals surface area contributed by atoms with Gasteiger partial charge in [0.05, 0.1) is 12.2 Å². The topological polar surface area (TPSA) is 40.5 Å². The molecule has 6 atom stereocenters. The Labute approximate surface area is 65.5 Å². The van der Waals surface area contributed by atoms with Gasteiger partial charge in [-0.3, -0.25) is 0 Å². The van der Waals surface area contributed by atoms with Gasteiger partial charge >= 0.3 is 0 Å². The number of rotatable bonds is 0. The van der Waals surface area contributed by atoms with Gasteiger partial charge in [-0.25, -0.2) is 0 Å². The van der Waals surface area contributed by atoms with Gasteiger partial charge in [-0.15, -0.1) is 0 Å². The van der Waals surface area contributed by atoms with E-state index in [4.69, 9.17) is 0 Å². The fraction of sp³-hybridized carbons (Fsp3) is 0.778.